The Kier molecular flexibility index (Phi) is 4.36. The summed E-state index contributed by atoms with van der Waals surface area (Å²) in [5.41, 5.74) is 7.31. The normalized spacial score (nSPS) is 27.8. The Hall–Kier alpha value is -1.74. The number of hydrogen-bond donors (Lipinski definition) is 1. The molecule has 4 rings (SSSR count). The van der Waals surface area contributed by atoms with E-state index < -0.39 is 10.0 Å². The molecule has 3 heterocycles. The third-order valence-corrected chi connectivity index (χ3v) is 6.84. The molecule has 3 atom stereocenters. The van der Waals surface area contributed by atoms with E-state index in [2.05, 4.69) is 5.10 Å². The van der Waals surface area contributed by atoms with Gasteiger partial charge in [-0.1, -0.05) is 30.3 Å². The van der Waals surface area contributed by atoms with E-state index in [9.17, 15) is 8.42 Å². The summed E-state index contributed by atoms with van der Waals surface area (Å²) in [6.07, 6.45) is 3.89. The second-order valence-corrected chi connectivity index (χ2v) is 8.61. The Morgan fingerprint density at radius 1 is 1.20 bits per heavy atom. The van der Waals surface area contributed by atoms with Crippen molar-refractivity contribution in [2.45, 2.75) is 29.3 Å². The first kappa shape index (κ1) is 16.7. The van der Waals surface area contributed by atoms with Gasteiger partial charge in [0.05, 0.1) is 18.8 Å². The van der Waals surface area contributed by atoms with E-state index in [0.29, 0.717) is 26.3 Å². The van der Waals surface area contributed by atoms with Gasteiger partial charge >= 0.3 is 0 Å². The average Bonchev–Trinajstić information content (AvgIpc) is 3.35. The average molecular weight is 362 g/mol. The molecule has 2 N–H and O–H groups in total. The maximum atomic E-state index is 13.0. The first-order valence-electron chi connectivity index (χ1n) is 8.48. The zero-order valence-electron chi connectivity index (χ0n) is 13.9. The number of ether oxygens (including phenoxy) is 1. The van der Waals surface area contributed by atoms with Gasteiger partial charge in [-0.25, -0.2) is 8.42 Å². The van der Waals surface area contributed by atoms with E-state index in [1.807, 2.05) is 30.3 Å². The summed E-state index contributed by atoms with van der Waals surface area (Å²) in [6, 6.07) is 9.74. The maximum Gasteiger partial charge on any atom is 0.246 e. The minimum Gasteiger partial charge on any atom is -0.379 e. The van der Waals surface area contributed by atoms with Gasteiger partial charge in [-0.05, 0) is 12.0 Å². The smallest absolute Gasteiger partial charge is 0.246 e. The first-order chi connectivity index (χ1) is 12.1. The van der Waals surface area contributed by atoms with E-state index in [-0.39, 0.29) is 22.9 Å². The molecule has 8 heteroatoms. The van der Waals surface area contributed by atoms with Crippen LogP contribution in [-0.4, -0.2) is 54.8 Å². The third-order valence-electron chi connectivity index (χ3n) is 5.05. The Labute approximate surface area is 147 Å². The zero-order valence-corrected chi connectivity index (χ0v) is 14.7. The topological polar surface area (TPSA) is 90.5 Å². The molecule has 2 saturated heterocycles. The highest BCUT2D eigenvalue weighted by Crippen LogP contribution is 2.30. The highest BCUT2D eigenvalue weighted by molar-refractivity contribution is 7.89. The van der Waals surface area contributed by atoms with Crippen LogP contribution in [0.25, 0.3) is 0 Å². The number of nitrogens with zero attached hydrogens (tertiary/aromatic N) is 3. The van der Waals surface area contributed by atoms with Gasteiger partial charge in [0.1, 0.15) is 4.90 Å². The second-order valence-electron chi connectivity index (χ2n) is 6.68. The molecule has 134 valence electrons. The minimum absolute atomic E-state index is 0.00857. The highest BCUT2D eigenvalue weighted by atomic mass is 32.2. The lowest BCUT2D eigenvalue weighted by Gasteiger charge is -2.15. The Balaban J connectivity index is 1.55. The Morgan fingerprint density at radius 3 is 2.72 bits per heavy atom. The minimum atomic E-state index is -3.59. The van der Waals surface area contributed by atoms with E-state index in [1.165, 1.54) is 10.5 Å². The molecule has 2 fully saturated rings. The molecule has 0 bridgehead atoms. The lowest BCUT2D eigenvalue weighted by Crippen LogP contribution is -2.32. The fourth-order valence-electron chi connectivity index (χ4n) is 3.57. The lowest BCUT2D eigenvalue weighted by molar-refractivity contribution is 0.184. The molecule has 1 unspecified atom stereocenters. The zero-order chi connectivity index (χ0) is 17.4. The third kappa shape index (κ3) is 3.10. The van der Waals surface area contributed by atoms with Gasteiger partial charge in [0.2, 0.25) is 10.0 Å². The summed E-state index contributed by atoms with van der Waals surface area (Å²) >= 11 is 0. The molecular weight excluding hydrogens is 340 g/mol. The number of sulfonamides is 1. The maximum absolute atomic E-state index is 13.0. The standard InChI is InChI=1S/C17H22N4O3S/c18-17-11-20(10-16(17)13-4-2-1-3-5-13)25(22,23)15-8-19-21(9-15)14-6-7-24-12-14/h1-5,8-9,14,16-17H,6-7,10-12,18H2/t14?,16-,17+/m0/s1. The van der Waals surface area contributed by atoms with Crippen LogP contribution in [-0.2, 0) is 14.8 Å². The molecular formula is C17H22N4O3S. The monoisotopic (exact) mass is 362 g/mol. The molecule has 25 heavy (non-hydrogen) atoms. The number of benzene rings is 1. The van der Waals surface area contributed by atoms with E-state index in [1.54, 1.807) is 10.9 Å². The second kappa shape index (κ2) is 6.53. The van der Waals surface area contributed by atoms with Crippen LogP contribution in [0.3, 0.4) is 0 Å². The summed E-state index contributed by atoms with van der Waals surface area (Å²) < 4.78 is 34.5. The van der Waals surface area contributed by atoms with E-state index >= 15 is 0 Å². The fraction of sp³-hybridized carbons (Fsp3) is 0.471. The molecule has 0 saturated carbocycles. The summed E-state index contributed by atoms with van der Waals surface area (Å²) in [5, 5.41) is 4.23. The van der Waals surface area contributed by atoms with Gasteiger partial charge < -0.3 is 10.5 Å². The van der Waals surface area contributed by atoms with Crippen molar-refractivity contribution >= 4 is 10.0 Å². The molecule has 2 aliphatic rings. The fourth-order valence-corrected chi connectivity index (χ4v) is 5.02. The highest BCUT2D eigenvalue weighted by Gasteiger charge is 2.39. The molecule has 2 aliphatic heterocycles. The summed E-state index contributed by atoms with van der Waals surface area (Å²) in [5.74, 6) is 0.00857. The molecule has 0 radical (unpaired) electrons. The number of nitrogens with two attached hydrogens (primary N) is 1. The van der Waals surface area contributed by atoms with Crippen LogP contribution in [0, 0.1) is 0 Å². The van der Waals surface area contributed by atoms with Crippen molar-refractivity contribution in [2.75, 3.05) is 26.3 Å². The van der Waals surface area contributed by atoms with Crippen molar-refractivity contribution in [3.8, 4) is 0 Å². The largest absolute Gasteiger partial charge is 0.379 e. The van der Waals surface area contributed by atoms with Crippen molar-refractivity contribution in [3.63, 3.8) is 0 Å². The molecule has 1 aromatic heterocycles. The summed E-state index contributed by atoms with van der Waals surface area (Å²) in [7, 11) is -3.59. The summed E-state index contributed by atoms with van der Waals surface area (Å²) in [4.78, 5) is 0.223. The predicted octanol–water partition coefficient (Wildman–Crippen LogP) is 0.960. The molecule has 0 spiro atoms. The van der Waals surface area contributed by atoms with Crippen LogP contribution >= 0.6 is 0 Å². The van der Waals surface area contributed by atoms with Gasteiger partial charge in [-0.3, -0.25) is 4.68 Å². The number of rotatable bonds is 4. The van der Waals surface area contributed by atoms with Crippen molar-refractivity contribution in [1.29, 1.82) is 0 Å². The Bertz CT molecular complexity index is 831. The molecule has 0 aliphatic carbocycles. The summed E-state index contributed by atoms with van der Waals surface area (Å²) in [6.45, 7) is 1.98. The quantitative estimate of drug-likeness (QED) is 0.875. The van der Waals surface area contributed by atoms with Gasteiger partial charge in [0.15, 0.2) is 0 Å². The predicted molar refractivity (Wildman–Crippen MR) is 92.6 cm³/mol. The van der Waals surface area contributed by atoms with Crippen LogP contribution in [0.1, 0.15) is 23.9 Å². The van der Waals surface area contributed by atoms with Crippen molar-refractivity contribution in [3.05, 3.63) is 48.3 Å². The first-order valence-corrected chi connectivity index (χ1v) is 9.92. The van der Waals surface area contributed by atoms with Crippen LogP contribution in [0.2, 0.25) is 0 Å². The number of hydrogen-bond acceptors (Lipinski definition) is 5. The van der Waals surface area contributed by atoms with Crippen LogP contribution < -0.4 is 5.73 Å². The van der Waals surface area contributed by atoms with Crippen LogP contribution in [0.5, 0.6) is 0 Å². The SMILES string of the molecule is N[C@@H]1CN(S(=O)(=O)c2cnn(C3CCOC3)c2)C[C@H]1c1ccccc1. The Morgan fingerprint density at radius 2 is 2.00 bits per heavy atom. The lowest BCUT2D eigenvalue weighted by atomic mass is 9.95. The van der Waals surface area contributed by atoms with Crippen molar-refractivity contribution in [1.82, 2.24) is 14.1 Å². The van der Waals surface area contributed by atoms with Crippen LogP contribution in [0.15, 0.2) is 47.6 Å². The van der Waals surface area contributed by atoms with Gasteiger partial charge in [0, 0.05) is 37.9 Å². The van der Waals surface area contributed by atoms with Gasteiger partial charge in [-0.15, -0.1) is 0 Å². The van der Waals surface area contributed by atoms with E-state index in [0.717, 1.165) is 12.0 Å². The molecule has 7 nitrogen and oxygen atoms in total. The van der Waals surface area contributed by atoms with Crippen molar-refractivity contribution < 1.29 is 13.2 Å². The molecule has 1 aromatic carbocycles. The van der Waals surface area contributed by atoms with Gasteiger partial charge in [-0.2, -0.15) is 9.40 Å². The molecule has 2 aromatic rings. The number of aromatic nitrogens is 2. The van der Waals surface area contributed by atoms with Crippen molar-refractivity contribution in [2.24, 2.45) is 5.73 Å². The van der Waals surface area contributed by atoms with Crippen LogP contribution in [0.4, 0.5) is 0 Å². The van der Waals surface area contributed by atoms with E-state index in [4.69, 9.17) is 10.5 Å². The molecule has 0 amide bonds. The van der Waals surface area contributed by atoms with Gasteiger partial charge in [0.25, 0.3) is 0 Å².